The minimum atomic E-state index is -4.89. The summed E-state index contributed by atoms with van der Waals surface area (Å²) >= 11 is 0. The van der Waals surface area contributed by atoms with Crippen molar-refractivity contribution >= 4 is 28.1 Å². The van der Waals surface area contributed by atoms with Crippen molar-refractivity contribution in [3.8, 4) is 11.4 Å². The number of hydrogen-bond acceptors (Lipinski definition) is 5. The molecule has 0 aliphatic heterocycles. The van der Waals surface area contributed by atoms with E-state index in [-0.39, 0.29) is 17.1 Å². The maximum Gasteiger partial charge on any atom is 0.434 e. The van der Waals surface area contributed by atoms with Crippen molar-refractivity contribution in [2.75, 3.05) is 5.32 Å². The normalized spacial score (nSPS) is 11.4. The Bertz CT molecular complexity index is 1590. The first-order chi connectivity index (χ1) is 16.9. The molecule has 0 saturated carbocycles. The number of halogens is 3. The van der Waals surface area contributed by atoms with Gasteiger partial charge in [0.1, 0.15) is 0 Å². The highest BCUT2D eigenvalue weighted by Crippen LogP contribution is 2.35. The molecule has 5 aromatic rings. The number of nitrogens with one attached hydrogen (secondary N) is 1. The smallest absolute Gasteiger partial charge is 0.323 e. The first-order valence-electron chi connectivity index (χ1n) is 10.0. The van der Waals surface area contributed by atoms with Gasteiger partial charge < -0.3 is 5.32 Å². The summed E-state index contributed by atoms with van der Waals surface area (Å²) in [7, 11) is 0. The zero-order valence-electron chi connectivity index (χ0n) is 17.6. The van der Waals surface area contributed by atoms with Gasteiger partial charge in [-0.15, -0.1) is 0 Å². The Morgan fingerprint density at radius 3 is 2.49 bits per heavy atom. The second kappa shape index (κ2) is 8.38. The molecule has 1 amide bonds. The van der Waals surface area contributed by atoms with Crippen LogP contribution in [0.15, 0.2) is 73.4 Å². The van der Waals surface area contributed by atoms with E-state index in [0.717, 1.165) is 6.20 Å². The molecule has 5 rings (SSSR count). The molecule has 0 aliphatic carbocycles. The molecule has 2 aromatic carbocycles. The molecule has 0 saturated heterocycles. The zero-order chi connectivity index (χ0) is 24.6. The van der Waals surface area contributed by atoms with E-state index in [2.05, 4.69) is 30.4 Å². The number of nitrogens with zero attached hydrogens (tertiary/aromatic N) is 7. The summed E-state index contributed by atoms with van der Waals surface area (Å²) < 4.78 is 43.1. The quantitative estimate of drug-likeness (QED) is 0.377. The van der Waals surface area contributed by atoms with Crippen LogP contribution in [0.25, 0.3) is 27.0 Å². The second-order valence-electron chi connectivity index (χ2n) is 7.28. The third-order valence-corrected chi connectivity index (χ3v) is 5.15. The van der Waals surface area contributed by atoms with Crippen molar-refractivity contribution in [2.45, 2.75) is 6.18 Å². The lowest BCUT2D eigenvalue weighted by atomic mass is 10.1. The van der Waals surface area contributed by atoms with Crippen LogP contribution in [0.1, 0.15) is 16.1 Å². The number of rotatable bonds is 4. The van der Waals surface area contributed by atoms with Gasteiger partial charge in [0.25, 0.3) is 5.91 Å². The van der Waals surface area contributed by atoms with Gasteiger partial charge in [-0.25, -0.2) is 9.53 Å². The molecule has 0 atom stereocenters. The number of hydrogen-bond donors (Lipinski definition) is 1. The Labute approximate surface area is 195 Å². The van der Waals surface area contributed by atoms with E-state index < -0.39 is 23.3 Å². The van der Waals surface area contributed by atoms with Gasteiger partial charge >= 0.3 is 6.18 Å². The Morgan fingerprint density at radius 1 is 0.971 bits per heavy atom. The third kappa shape index (κ3) is 3.95. The predicted molar refractivity (Wildman–Crippen MR) is 119 cm³/mol. The van der Waals surface area contributed by atoms with Gasteiger partial charge in [-0.3, -0.25) is 9.78 Å². The van der Waals surface area contributed by atoms with E-state index >= 15 is 0 Å². The molecule has 0 fully saturated rings. The molecule has 35 heavy (non-hydrogen) atoms. The summed E-state index contributed by atoms with van der Waals surface area (Å²) in [6.45, 7) is 7.39. The van der Waals surface area contributed by atoms with Crippen molar-refractivity contribution in [3.05, 3.63) is 96.1 Å². The molecule has 3 heterocycles. The van der Waals surface area contributed by atoms with E-state index in [1.165, 1.54) is 47.8 Å². The van der Waals surface area contributed by atoms with Gasteiger partial charge in [-0.1, -0.05) is 24.3 Å². The highest BCUT2D eigenvalue weighted by atomic mass is 19.4. The molecule has 0 spiro atoms. The average Bonchev–Trinajstić information content (AvgIpc) is 3.54. The van der Waals surface area contributed by atoms with Crippen molar-refractivity contribution in [1.82, 2.24) is 29.8 Å². The topological polar surface area (TPSA) is 94.9 Å². The molecule has 0 bridgehead atoms. The number of carbonyl (C=O) groups is 1. The molecule has 0 aliphatic rings. The van der Waals surface area contributed by atoms with Gasteiger partial charge in [0.2, 0.25) is 5.69 Å². The van der Waals surface area contributed by atoms with Crippen LogP contribution in [0.3, 0.4) is 0 Å². The molecule has 12 heteroatoms. The zero-order valence-corrected chi connectivity index (χ0v) is 17.6. The number of benzene rings is 2. The van der Waals surface area contributed by atoms with Crippen LogP contribution in [0.5, 0.6) is 0 Å². The Balaban J connectivity index is 1.54. The summed E-state index contributed by atoms with van der Waals surface area (Å²) in [5, 5.41) is 15.3. The molecule has 3 aromatic heterocycles. The standard InChI is InChI=1S/C23H13F3N8O/c1-27-18-10-15(6-7-19(18)34-29-8-9-30-34)32-22(35)17-12-31-33(21(17)23(24,25)26)20-13-28-11-14-4-2-3-5-16(14)20/h2-13H,(H,32,35). The first-order valence-corrected chi connectivity index (χ1v) is 10.0. The number of aromatic nitrogens is 6. The lowest BCUT2D eigenvalue weighted by Crippen LogP contribution is -2.21. The van der Waals surface area contributed by atoms with E-state index in [1.807, 2.05) is 0 Å². The molecular weight excluding hydrogens is 461 g/mol. The number of carbonyl (C=O) groups excluding carboxylic acids is 1. The number of anilines is 1. The molecule has 0 radical (unpaired) electrons. The summed E-state index contributed by atoms with van der Waals surface area (Å²) in [6, 6.07) is 11.1. The van der Waals surface area contributed by atoms with Crippen LogP contribution in [-0.4, -0.2) is 35.7 Å². The second-order valence-corrected chi connectivity index (χ2v) is 7.28. The lowest BCUT2D eigenvalue weighted by molar-refractivity contribution is -0.143. The fourth-order valence-corrected chi connectivity index (χ4v) is 3.64. The lowest BCUT2D eigenvalue weighted by Gasteiger charge is -2.14. The van der Waals surface area contributed by atoms with Crippen molar-refractivity contribution in [2.24, 2.45) is 0 Å². The van der Waals surface area contributed by atoms with Crippen molar-refractivity contribution < 1.29 is 18.0 Å². The van der Waals surface area contributed by atoms with E-state index in [4.69, 9.17) is 6.57 Å². The van der Waals surface area contributed by atoms with Gasteiger partial charge in [0.05, 0.1) is 48.3 Å². The SMILES string of the molecule is [C-]#[N+]c1cc(NC(=O)c2cnn(-c3cncc4ccccc34)c2C(F)(F)F)ccc1-n1nccn1. The third-order valence-electron chi connectivity index (χ3n) is 5.15. The average molecular weight is 474 g/mol. The highest BCUT2D eigenvalue weighted by molar-refractivity contribution is 6.05. The van der Waals surface area contributed by atoms with Gasteiger partial charge in [0.15, 0.2) is 5.69 Å². The largest absolute Gasteiger partial charge is 0.434 e. The summed E-state index contributed by atoms with van der Waals surface area (Å²) in [6.07, 6.45) is 1.63. The molecule has 0 unspecified atom stereocenters. The number of fused-ring (bicyclic) bond motifs is 1. The number of alkyl halides is 3. The molecule has 9 nitrogen and oxygen atoms in total. The van der Waals surface area contributed by atoms with Crippen LogP contribution in [0.4, 0.5) is 24.5 Å². The maximum atomic E-state index is 14.1. The number of pyridine rings is 1. The summed E-state index contributed by atoms with van der Waals surface area (Å²) in [4.78, 5) is 21.5. The van der Waals surface area contributed by atoms with Gasteiger partial charge in [-0.2, -0.15) is 33.3 Å². The van der Waals surface area contributed by atoms with Crippen LogP contribution in [-0.2, 0) is 6.18 Å². The van der Waals surface area contributed by atoms with Gasteiger partial charge in [0, 0.05) is 22.7 Å². The first kappa shape index (κ1) is 21.8. The highest BCUT2D eigenvalue weighted by Gasteiger charge is 2.41. The number of amides is 1. The fourth-order valence-electron chi connectivity index (χ4n) is 3.64. The Morgan fingerprint density at radius 2 is 1.74 bits per heavy atom. The van der Waals surface area contributed by atoms with Crippen LogP contribution in [0, 0.1) is 6.57 Å². The fraction of sp³-hybridized carbons (Fsp3) is 0.0435. The Hall–Kier alpha value is -5.05. The van der Waals surface area contributed by atoms with Crippen molar-refractivity contribution in [3.63, 3.8) is 0 Å². The maximum absolute atomic E-state index is 14.1. The van der Waals surface area contributed by atoms with Crippen LogP contribution in [0.2, 0.25) is 0 Å². The summed E-state index contributed by atoms with van der Waals surface area (Å²) in [5.74, 6) is -1.03. The minimum absolute atomic E-state index is 0.0841. The van der Waals surface area contributed by atoms with Gasteiger partial charge in [-0.05, 0) is 18.2 Å². The molecule has 172 valence electrons. The van der Waals surface area contributed by atoms with E-state index in [1.54, 1.807) is 24.3 Å². The van der Waals surface area contributed by atoms with E-state index in [9.17, 15) is 18.0 Å². The van der Waals surface area contributed by atoms with Crippen LogP contribution >= 0.6 is 0 Å². The van der Waals surface area contributed by atoms with E-state index in [0.29, 0.717) is 21.1 Å². The molecular formula is C23H13F3N8O. The minimum Gasteiger partial charge on any atom is -0.323 e. The van der Waals surface area contributed by atoms with Crippen LogP contribution < -0.4 is 5.32 Å². The van der Waals surface area contributed by atoms with Crippen molar-refractivity contribution in [1.29, 1.82) is 0 Å². The Kier molecular flexibility index (Phi) is 5.21. The monoisotopic (exact) mass is 474 g/mol. The predicted octanol–water partition coefficient (Wildman–Crippen LogP) is 4.82. The summed E-state index contributed by atoms with van der Waals surface area (Å²) in [5.41, 5.74) is -1.24. The molecule has 1 N–H and O–H groups in total.